The minimum Gasteiger partial charge on any atom is -0.448 e. The second kappa shape index (κ2) is 8.92. The minimum absolute atomic E-state index is 0.0812. The number of nitrogens with zero attached hydrogens (tertiary/aromatic N) is 3. The van der Waals surface area contributed by atoms with E-state index in [1.807, 2.05) is 19.1 Å². The number of hydrogen-bond donors (Lipinski definition) is 3. The molecule has 3 N–H and O–H groups in total. The molecule has 0 bridgehead atoms. The zero-order chi connectivity index (χ0) is 14.8. The van der Waals surface area contributed by atoms with Crippen molar-refractivity contribution in [2.45, 2.75) is 6.92 Å². The van der Waals surface area contributed by atoms with Gasteiger partial charge in [0.2, 0.25) is 17.2 Å². The normalized spacial score (nSPS) is 10.3. The highest BCUT2D eigenvalue weighted by Crippen LogP contribution is 2.08. The number of rotatable bonds is 7. The molecule has 1 rings (SSSR count). The molecule has 110 valence electrons. The Kier molecular flexibility index (Phi) is 7.12. The molecule has 0 aliphatic rings. The van der Waals surface area contributed by atoms with Crippen LogP contribution in [0.5, 0.6) is 0 Å². The fourth-order valence-electron chi connectivity index (χ4n) is 1.15. The number of carbonyl (C=O) groups is 1. The van der Waals surface area contributed by atoms with Crippen molar-refractivity contribution in [3.63, 3.8) is 0 Å². The van der Waals surface area contributed by atoms with Crippen LogP contribution in [-0.4, -0.2) is 47.8 Å². The smallest absolute Gasteiger partial charge is 0.406 e. The molecule has 8 nitrogen and oxygen atoms in total. The fraction of sp³-hybridized carbons (Fsp3) is 0.455. The van der Waals surface area contributed by atoms with E-state index in [4.69, 9.17) is 16.3 Å². The van der Waals surface area contributed by atoms with E-state index in [2.05, 4.69) is 30.9 Å². The second-order valence-electron chi connectivity index (χ2n) is 3.51. The van der Waals surface area contributed by atoms with Crippen LogP contribution in [0.4, 0.5) is 16.7 Å². The number of ether oxygens (including phenoxy) is 1. The number of amides is 1. The molecule has 0 aliphatic carbocycles. The Balaban J connectivity index is 2.46. The summed E-state index contributed by atoms with van der Waals surface area (Å²) in [6.07, 6.45) is 3.33. The second-order valence-corrected chi connectivity index (χ2v) is 3.85. The highest BCUT2D eigenvalue weighted by atomic mass is 35.5. The number of anilines is 2. The third-order valence-electron chi connectivity index (χ3n) is 2.04. The molecule has 9 heteroatoms. The maximum absolute atomic E-state index is 10.8. The summed E-state index contributed by atoms with van der Waals surface area (Å²) in [6, 6.07) is 0. The van der Waals surface area contributed by atoms with Gasteiger partial charge >= 0.3 is 6.09 Å². The topological polar surface area (TPSA) is 101 Å². The molecule has 1 aromatic rings. The molecule has 0 saturated carbocycles. The van der Waals surface area contributed by atoms with Crippen LogP contribution in [0.15, 0.2) is 12.2 Å². The number of aromatic nitrogens is 3. The van der Waals surface area contributed by atoms with Gasteiger partial charge in [-0.2, -0.15) is 15.0 Å². The standard InChI is InChI=1S/C11H17ClN6O2/c1-3-4-5-14-9-16-8(12)17-10(18-9)15-6-7-20-11(19)13-2/h3-4H,5-7H2,1-2H3,(H,13,19)(H2,14,15,16,17,18). The molecule has 0 unspecified atom stereocenters. The zero-order valence-corrected chi connectivity index (χ0v) is 12.1. The van der Waals surface area contributed by atoms with E-state index >= 15 is 0 Å². The Bertz CT molecular complexity index is 468. The number of carbonyl (C=O) groups excluding carboxylic acids is 1. The van der Waals surface area contributed by atoms with Gasteiger partial charge in [0.15, 0.2) is 0 Å². The van der Waals surface area contributed by atoms with E-state index in [0.29, 0.717) is 25.0 Å². The zero-order valence-electron chi connectivity index (χ0n) is 11.3. The maximum atomic E-state index is 10.8. The summed E-state index contributed by atoms with van der Waals surface area (Å²) in [7, 11) is 1.49. The molecule has 0 spiro atoms. The molecule has 1 amide bonds. The summed E-state index contributed by atoms with van der Waals surface area (Å²) >= 11 is 5.79. The van der Waals surface area contributed by atoms with Crippen molar-refractivity contribution in [2.24, 2.45) is 0 Å². The lowest BCUT2D eigenvalue weighted by Gasteiger charge is -2.07. The molecule has 0 fully saturated rings. The third-order valence-corrected chi connectivity index (χ3v) is 2.21. The lowest BCUT2D eigenvalue weighted by Crippen LogP contribution is -2.22. The van der Waals surface area contributed by atoms with Crippen molar-refractivity contribution in [1.29, 1.82) is 0 Å². The van der Waals surface area contributed by atoms with Crippen molar-refractivity contribution in [2.75, 3.05) is 37.4 Å². The Labute approximate surface area is 122 Å². The SMILES string of the molecule is CC=CCNc1nc(Cl)nc(NCCOC(=O)NC)n1. The van der Waals surface area contributed by atoms with Crippen molar-refractivity contribution in [3.8, 4) is 0 Å². The van der Waals surface area contributed by atoms with E-state index in [1.165, 1.54) is 7.05 Å². The van der Waals surface area contributed by atoms with Gasteiger partial charge in [-0.05, 0) is 18.5 Å². The van der Waals surface area contributed by atoms with Crippen LogP contribution >= 0.6 is 11.6 Å². The van der Waals surface area contributed by atoms with Crippen LogP contribution in [0.3, 0.4) is 0 Å². The number of halogens is 1. The number of alkyl carbamates (subject to hydrolysis) is 1. The average molecular weight is 301 g/mol. The van der Waals surface area contributed by atoms with Crippen LogP contribution in [-0.2, 0) is 4.74 Å². The number of hydrogen-bond acceptors (Lipinski definition) is 7. The highest BCUT2D eigenvalue weighted by molar-refractivity contribution is 6.28. The molecule has 0 atom stereocenters. The van der Waals surface area contributed by atoms with Gasteiger partial charge in [0.25, 0.3) is 0 Å². The van der Waals surface area contributed by atoms with E-state index in [0.717, 1.165) is 0 Å². The van der Waals surface area contributed by atoms with Gasteiger partial charge in [-0.15, -0.1) is 0 Å². The monoisotopic (exact) mass is 300 g/mol. The van der Waals surface area contributed by atoms with Gasteiger partial charge in [0, 0.05) is 13.6 Å². The Morgan fingerprint density at radius 1 is 1.30 bits per heavy atom. The molecule has 1 aromatic heterocycles. The molecule has 1 heterocycles. The summed E-state index contributed by atoms with van der Waals surface area (Å²) in [5, 5.41) is 8.29. The first-order valence-corrected chi connectivity index (χ1v) is 6.38. The summed E-state index contributed by atoms with van der Waals surface area (Å²) in [6.45, 7) is 3.06. The van der Waals surface area contributed by atoms with Crippen LogP contribution < -0.4 is 16.0 Å². The van der Waals surface area contributed by atoms with E-state index < -0.39 is 6.09 Å². The van der Waals surface area contributed by atoms with Crippen molar-refractivity contribution in [1.82, 2.24) is 20.3 Å². The Morgan fingerprint density at radius 3 is 2.65 bits per heavy atom. The predicted molar refractivity (Wildman–Crippen MR) is 77.0 cm³/mol. The minimum atomic E-state index is -0.491. The lowest BCUT2D eigenvalue weighted by atomic mass is 10.5. The molecular formula is C11H17ClN6O2. The van der Waals surface area contributed by atoms with Crippen LogP contribution in [0.2, 0.25) is 5.28 Å². The Morgan fingerprint density at radius 2 is 2.00 bits per heavy atom. The van der Waals surface area contributed by atoms with Gasteiger partial charge in [0.1, 0.15) is 6.61 Å². The summed E-state index contributed by atoms with van der Waals surface area (Å²) in [5.41, 5.74) is 0. The first-order chi connectivity index (χ1) is 9.65. The number of nitrogens with one attached hydrogen (secondary N) is 3. The highest BCUT2D eigenvalue weighted by Gasteiger charge is 2.04. The molecule has 0 saturated heterocycles. The molecule has 0 radical (unpaired) electrons. The lowest BCUT2D eigenvalue weighted by molar-refractivity contribution is 0.153. The summed E-state index contributed by atoms with van der Waals surface area (Å²) in [4.78, 5) is 22.8. The largest absolute Gasteiger partial charge is 0.448 e. The first-order valence-electron chi connectivity index (χ1n) is 6.00. The first kappa shape index (κ1) is 16.0. The molecular weight excluding hydrogens is 284 g/mol. The van der Waals surface area contributed by atoms with Gasteiger partial charge in [0.05, 0.1) is 6.54 Å². The summed E-state index contributed by atoms with van der Waals surface area (Å²) < 4.78 is 4.81. The van der Waals surface area contributed by atoms with Gasteiger partial charge < -0.3 is 20.7 Å². The van der Waals surface area contributed by atoms with Gasteiger partial charge in [-0.3, -0.25) is 0 Å². The van der Waals surface area contributed by atoms with Crippen LogP contribution in [0.25, 0.3) is 0 Å². The van der Waals surface area contributed by atoms with Crippen LogP contribution in [0.1, 0.15) is 6.92 Å². The fourth-order valence-corrected chi connectivity index (χ4v) is 1.32. The Hall–Kier alpha value is -2.09. The van der Waals surface area contributed by atoms with E-state index in [1.54, 1.807) is 0 Å². The number of allylic oxidation sites excluding steroid dienone is 1. The van der Waals surface area contributed by atoms with E-state index in [-0.39, 0.29) is 11.9 Å². The molecule has 20 heavy (non-hydrogen) atoms. The molecule has 0 aliphatic heterocycles. The van der Waals surface area contributed by atoms with Gasteiger partial charge in [-0.25, -0.2) is 4.79 Å². The van der Waals surface area contributed by atoms with Gasteiger partial charge in [-0.1, -0.05) is 12.2 Å². The maximum Gasteiger partial charge on any atom is 0.406 e. The summed E-state index contributed by atoms with van der Waals surface area (Å²) in [5.74, 6) is 0.686. The van der Waals surface area contributed by atoms with Crippen molar-refractivity contribution in [3.05, 3.63) is 17.4 Å². The van der Waals surface area contributed by atoms with Crippen LogP contribution in [0, 0.1) is 0 Å². The van der Waals surface area contributed by atoms with Crippen molar-refractivity contribution < 1.29 is 9.53 Å². The van der Waals surface area contributed by atoms with E-state index in [9.17, 15) is 4.79 Å². The van der Waals surface area contributed by atoms with Crippen molar-refractivity contribution >= 4 is 29.6 Å². The predicted octanol–water partition coefficient (Wildman–Crippen LogP) is 1.28. The third kappa shape index (κ3) is 6.19. The quantitative estimate of drug-likeness (QED) is 0.515. The molecule has 0 aromatic carbocycles. The average Bonchev–Trinajstić information content (AvgIpc) is 2.43.